The third-order valence-corrected chi connectivity index (χ3v) is 5.01. The molecule has 0 radical (unpaired) electrons. The Morgan fingerprint density at radius 3 is 2.90 bits per heavy atom. The molecule has 0 saturated carbocycles. The third kappa shape index (κ3) is 3.99. The number of aromatic nitrogens is 2. The van der Waals surface area contributed by atoms with Gasteiger partial charge in [-0.2, -0.15) is 5.10 Å². The van der Waals surface area contributed by atoms with E-state index in [-0.39, 0.29) is 17.7 Å². The molecule has 7 heteroatoms. The highest BCUT2D eigenvalue weighted by atomic mass is 16.5. The molecule has 4 rings (SSSR count). The SMILES string of the molecule is COc1ccc(C2CC(=O)Nc3cc(NC(C)=O)ccc32)cc1Cn1cccn1. The molecule has 3 aromatic rings. The number of hydrogen-bond acceptors (Lipinski definition) is 4. The van der Waals surface area contributed by atoms with Crippen LogP contribution in [0, 0.1) is 0 Å². The summed E-state index contributed by atoms with van der Waals surface area (Å²) in [4.78, 5) is 23.7. The lowest BCUT2D eigenvalue weighted by molar-refractivity contribution is -0.116. The van der Waals surface area contributed by atoms with Gasteiger partial charge in [-0.3, -0.25) is 14.3 Å². The molecular weight excluding hydrogens is 368 g/mol. The highest BCUT2D eigenvalue weighted by molar-refractivity contribution is 5.97. The molecule has 0 bridgehead atoms. The van der Waals surface area contributed by atoms with Crippen molar-refractivity contribution in [3.8, 4) is 5.75 Å². The number of amides is 2. The number of anilines is 2. The van der Waals surface area contributed by atoms with Crippen LogP contribution in [0.2, 0.25) is 0 Å². The molecule has 0 aliphatic carbocycles. The van der Waals surface area contributed by atoms with Crippen LogP contribution in [0.5, 0.6) is 5.75 Å². The van der Waals surface area contributed by atoms with Crippen LogP contribution in [0.15, 0.2) is 54.9 Å². The first-order valence-corrected chi connectivity index (χ1v) is 9.39. The highest BCUT2D eigenvalue weighted by Crippen LogP contribution is 2.39. The topological polar surface area (TPSA) is 85.3 Å². The quantitative estimate of drug-likeness (QED) is 0.699. The Morgan fingerprint density at radius 1 is 1.31 bits per heavy atom. The first-order valence-electron chi connectivity index (χ1n) is 9.39. The number of benzene rings is 2. The minimum atomic E-state index is -0.151. The van der Waals surface area contributed by atoms with E-state index in [0.29, 0.717) is 18.7 Å². The molecular formula is C22H22N4O3. The van der Waals surface area contributed by atoms with Crippen LogP contribution in [0.25, 0.3) is 0 Å². The van der Waals surface area contributed by atoms with Gasteiger partial charge in [0.15, 0.2) is 0 Å². The summed E-state index contributed by atoms with van der Waals surface area (Å²) in [6.45, 7) is 2.04. The van der Waals surface area contributed by atoms with Crippen molar-refractivity contribution in [3.05, 3.63) is 71.5 Å². The fourth-order valence-electron chi connectivity index (χ4n) is 3.75. The first kappa shape index (κ1) is 18.7. The second-order valence-electron chi connectivity index (χ2n) is 7.06. The van der Waals surface area contributed by atoms with Crippen molar-refractivity contribution < 1.29 is 14.3 Å². The molecule has 1 aliphatic rings. The standard InChI is InChI=1S/C22H22N4O3/c1-14(27)24-17-5-6-18-19(12-22(28)25-20(18)11-17)15-4-7-21(29-2)16(10-15)13-26-9-3-8-23-26/h3-11,19H,12-13H2,1-2H3,(H,24,27)(H,25,28). The lowest BCUT2D eigenvalue weighted by Gasteiger charge is -2.27. The highest BCUT2D eigenvalue weighted by Gasteiger charge is 2.27. The summed E-state index contributed by atoms with van der Waals surface area (Å²) < 4.78 is 7.36. The van der Waals surface area contributed by atoms with Crippen molar-refractivity contribution in [2.45, 2.75) is 25.8 Å². The van der Waals surface area contributed by atoms with Crippen molar-refractivity contribution in [2.75, 3.05) is 17.7 Å². The largest absolute Gasteiger partial charge is 0.496 e. The lowest BCUT2D eigenvalue weighted by atomic mass is 9.84. The number of rotatable bonds is 5. The average Bonchev–Trinajstić information content (AvgIpc) is 3.19. The van der Waals surface area contributed by atoms with Crippen LogP contribution in [0.3, 0.4) is 0 Å². The molecule has 2 amide bonds. The number of nitrogens with zero attached hydrogens (tertiary/aromatic N) is 2. The Labute approximate surface area is 168 Å². The van der Waals surface area contributed by atoms with E-state index in [9.17, 15) is 9.59 Å². The number of hydrogen-bond donors (Lipinski definition) is 2. The molecule has 2 aromatic carbocycles. The Morgan fingerprint density at radius 2 is 2.17 bits per heavy atom. The number of carbonyl (C=O) groups excluding carboxylic acids is 2. The van der Waals surface area contributed by atoms with Gasteiger partial charge in [0.1, 0.15) is 5.75 Å². The van der Waals surface area contributed by atoms with Crippen LogP contribution >= 0.6 is 0 Å². The van der Waals surface area contributed by atoms with Gasteiger partial charge >= 0.3 is 0 Å². The van der Waals surface area contributed by atoms with Crippen molar-refractivity contribution in [2.24, 2.45) is 0 Å². The second-order valence-corrected chi connectivity index (χ2v) is 7.06. The van der Waals surface area contributed by atoms with Gasteiger partial charge in [0.05, 0.1) is 13.7 Å². The molecule has 1 atom stereocenters. The summed E-state index contributed by atoms with van der Waals surface area (Å²) in [6.07, 6.45) is 4.00. The van der Waals surface area contributed by atoms with Crippen LogP contribution in [0.1, 0.15) is 36.0 Å². The number of fused-ring (bicyclic) bond motifs is 1. The molecule has 0 fully saturated rings. The van der Waals surface area contributed by atoms with Gasteiger partial charge in [-0.05, 0) is 41.5 Å². The minimum Gasteiger partial charge on any atom is -0.496 e. The van der Waals surface area contributed by atoms with Crippen LogP contribution in [-0.4, -0.2) is 28.7 Å². The molecule has 1 aliphatic heterocycles. The summed E-state index contributed by atoms with van der Waals surface area (Å²) in [5.41, 5.74) is 4.44. The first-order chi connectivity index (χ1) is 14.0. The van der Waals surface area contributed by atoms with E-state index in [1.165, 1.54) is 6.92 Å². The van der Waals surface area contributed by atoms with E-state index in [1.54, 1.807) is 19.4 Å². The average molecular weight is 390 g/mol. The lowest BCUT2D eigenvalue weighted by Crippen LogP contribution is -2.24. The van der Waals surface area contributed by atoms with Gasteiger partial charge in [-0.25, -0.2) is 0 Å². The Bertz CT molecular complexity index is 1060. The van der Waals surface area contributed by atoms with Crippen molar-refractivity contribution in [3.63, 3.8) is 0 Å². The monoisotopic (exact) mass is 390 g/mol. The van der Waals surface area contributed by atoms with Crippen molar-refractivity contribution >= 4 is 23.2 Å². The molecule has 2 heterocycles. The van der Waals surface area contributed by atoms with E-state index in [2.05, 4.69) is 21.8 Å². The second kappa shape index (κ2) is 7.79. The number of methoxy groups -OCH3 is 1. The van der Waals surface area contributed by atoms with E-state index < -0.39 is 0 Å². The normalized spacial score (nSPS) is 15.4. The molecule has 0 spiro atoms. The number of ether oxygens (including phenoxy) is 1. The molecule has 2 N–H and O–H groups in total. The fraction of sp³-hybridized carbons (Fsp3) is 0.227. The summed E-state index contributed by atoms with van der Waals surface area (Å²) >= 11 is 0. The van der Waals surface area contributed by atoms with Crippen molar-refractivity contribution in [1.82, 2.24) is 9.78 Å². The van der Waals surface area contributed by atoms with Gasteiger partial charge in [0.25, 0.3) is 0 Å². The van der Waals surface area contributed by atoms with Crippen molar-refractivity contribution in [1.29, 1.82) is 0 Å². The maximum absolute atomic E-state index is 12.4. The summed E-state index contributed by atoms with van der Waals surface area (Å²) in [6, 6.07) is 13.5. The Hall–Kier alpha value is -3.61. The van der Waals surface area contributed by atoms with Gasteiger partial charge in [0, 0.05) is 48.6 Å². The molecule has 148 valence electrons. The third-order valence-electron chi connectivity index (χ3n) is 5.01. The fourth-order valence-corrected chi connectivity index (χ4v) is 3.75. The van der Waals surface area contributed by atoms with E-state index in [0.717, 1.165) is 28.1 Å². The van der Waals surface area contributed by atoms with E-state index in [1.807, 2.05) is 41.2 Å². The van der Waals surface area contributed by atoms with Crippen LogP contribution in [-0.2, 0) is 16.1 Å². The number of nitrogens with one attached hydrogen (secondary N) is 2. The van der Waals surface area contributed by atoms with Gasteiger partial charge in [-0.1, -0.05) is 12.1 Å². The van der Waals surface area contributed by atoms with Gasteiger partial charge in [-0.15, -0.1) is 0 Å². The number of carbonyl (C=O) groups is 2. The van der Waals surface area contributed by atoms with Crippen LogP contribution in [0.4, 0.5) is 11.4 Å². The minimum absolute atomic E-state index is 0.0491. The zero-order valence-corrected chi connectivity index (χ0v) is 16.3. The molecule has 1 unspecified atom stereocenters. The maximum Gasteiger partial charge on any atom is 0.225 e. The smallest absolute Gasteiger partial charge is 0.225 e. The zero-order chi connectivity index (χ0) is 20.4. The van der Waals surface area contributed by atoms with Gasteiger partial charge < -0.3 is 15.4 Å². The van der Waals surface area contributed by atoms with Gasteiger partial charge in [0.2, 0.25) is 11.8 Å². The zero-order valence-electron chi connectivity index (χ0n) is 16.3. The molecule has 0 saturated heterocycles. The summed E-state index contributed by atoms with van der Waals surface area (Å²) in [7, 11) is 1.65. The predicted molar refractivity (Wildman–Crippen MR) is 110 cm³/mol. The summed E-state index contributed by atoms with van der Waals surface area (Å²) in [5.74, 6) is 0.507. The van der Waals surface area contributed by atoms with E-state index >= 15 is 0 Å². The Kier molecular flexibility index (Phi) is 5.03. The van der Waals surface area contributed by atoms with Crippen LogP contribution < -0.4 is 15.4 Å². The Balaban J connectivity index is 1.71. The maximum atomic E-state index is 12.4. The van der Waals surface area contributed by atoms with E-state index in [4.69, 9.17) is 4.74 Å². The molecule has 7 nitrogen and oxygen atoms in total. The molecule has 29 heavy (non-hydrogen) atoms. The summed E-state index contributed by atoms with van der Waals surface area (Å²) in [5, 5.41) is 9.95. The molecule has 1 aromatic heterocycles. The predicted octanol–water partition coefficient (Wildman–Crippen LogP) is 3.37.